The van der Waals surface area contributed by atoms with Crippen LogP contribution >= 0.6 is 0 Å². The first-order valence-corrected chi connectivity index (χ1v) is 7.81. The van der Waals surface area contributed by atoms with Crippen LogP contribution in [-0.4, -0.2) is 42.1 Å². The minimum atomic E-state index is -1.73. The first-order valence-electron chi connectivity index (χ1n) is 7.81. The topological polar surface area (TPSA) is 103 Å². The van der Waals surface area contributed by atoms with E-state index in [1.807, 2.05) is 32.9 Å². The van der Waals surface area contributed by atoms with Gasteiger partial charge in [-0.1, -0.05) is 0 Å². The Bertz CT molecular complexity index is 605. The van der Waals surface area contributed by atoms with Crippen molar-refractivity contribution >= 4 is 11.9 Å². The van der Waals surface area contributed by atoms with Gasteiger partial charge in [0.25, 0.3) is 0 Å². The molecule has 130 valence electrons. The molecule has 7 nitrogen and oxygen atoms in total. The molecule has 1 aliphatic rings. The molecule has 0 aliphatic carbocycles. The van der Waals surface area contributed by atoms with Crippen LogP contribution in [0.25, 0.3) is 0 Å². The number of ether oxygens (including phenoxy) is 2. The Kier molecular flexibility index (Phi) is 5.98. The average Bonchev–Trinajstić information content (AvgIpc) is 2.52. The van der Waals surface area contributed by atoms with Gasteiger partial charge in [0, 0.05) is 11.7 Å². The molecule has 1 aliphatic heterocycles. The van der Waals surface area contributed by atoms with Crippen molar-refractivity contribution in [3.8, 4) is 12.1 Å². The summed E-state index contributed by atoms with van der Waals surface area (Å²) in [6.45, 7) is 9.12. The summed E-state index contributed by atoms with van der Waals surface area (Å²) in [4.78, 5) is 26.5. The lowest BCUT2D eigenvalue weighted by Gasteiger charge is -2.44. The zero-order valence-corrected chi connectivity index (χ0v) is 14.8. The molecule has 0 saturated carbocycles. The van der Waals surface area contributed by atoms with Crippen LogP contribution in [0.5, 0.6) is 0 Å². The molecule has 1 atom stereocenters. The lowest BCUT2D eigenvalue weighted by atomic mass is 9.70. The average molecular weight is 333 g/mol. The van der Waals surface area contributed by atoms with E-state index >= 15 is 0 Å². The van der Waals surface area contributed by atoms with Crippen molar-refractivity contribution in [2.75, 3.05) is 19.8 Å². The zero-order chi connectivity index (χ0) is 18.5. The third-order valence-corrected chi connectivity index (χ3v) is 3.81. The second kappa shape index (κ2) is 7.35. The van der Waals surface area contributed by atoms with E-state index in [0.29, 0.717) is 0 Å². The van der Waals surface area contributed by atoms with E-state index in [1.165, 1.54) is 6.20 Å². The number of nitriles is 2. The van der Waals surface area contributed by atoms with Gasteiger partial charge in [-0.3, -0.25) is 4.79 Å². The normalized spacial score (nSPS) is 19.5. The lowest BCUT2D eigenvalue weighted by Crippen LogP contribution is -2.53. The Balaban J connectivity index is 3.56. The number of nitrogens with zero attached hydrogens (tertiary/aromatic N) is 3. The lowest BCUT2D eigenvalue weighted by molar-refractivity contribution is -0.153. The number of carbonyl (C=O) groups excluding carboxylic acids is 2. The van der Waals surface area contributed by atoms with Crippen molar-refractivity contribution in [2.24, 2.45) is 11.3 Å². The highest BCUT2D eigenvalue weighted by molar-refractivity contribution is 5.97. The highest BCUT2D eigenvalue weighted by atomic mass is 16.5. The van der Waals surface area contributed by atoms with Crippen LogP contribution in [0.1, 0.15) is 34.6 Å². The predicted molar refractivity (Wildman–Crippen MR) is 85.0 cm³/mol. The van der Waals surface area contributed by atoms with Crippen molar-refractivity contribution in [3.63, 3.8) is 0 Å². The van der Waals surface area contributed by atoms with Crippen molar-refractivity contribution in [2.45, 2.75) is 40.2 Å². The Morgan fingerprint density at radius 1 is 1.25 bits per heavy atom. The van der Waals surface area contributed by atoms with E-state index in [-0.39, 0.29) is 25.3 Å². The van der Waals surface area contributed by atoms with Gasteiger partial charge in [0.2, 0.25) is 0 Å². The molecular weight excluding hydrogens is 310 g/mol. The summed E-state index contributed by atoms with van der Waals surface area (Å²) >= 11 is 0. The number of hydrogen-bond acceptors (Lipinski definition) is 7. The standard InChI is InChI=1S/C17H23N3O4/c1-6-23-14(21)12-8-20(16(3,4)5)11-17(9-18,10-19)13(12)15(22)24-7-2/h8,13H,6-7,11H2,1-5H3. The van der Waals surface area contributed by atoms with E-state index in [9.17, 15) is 20.1 Å². The van der Waals surface area contributed by atoms with Crippen molar-refractivity contribution < 1.29 is 19.1 Å². The molecule has 1 rings (SSSR count). The fourth-order valence-corrected chi connectivity index (χ4v) is 2.51. The zero-order valence-electron chi connectivity index (χ0n) is 14.8. The Hall–Kier alpha value is -2.54. The predicted octanol–water partition coefficient (Wildman–Crippen LogP) is 1.76. The number of hydrogen-bond donors (Lipinski definition) is 0. The minimum absolute atomic E-state index is 0.00408. The van der Waals surface area contributed by atoms with Gasteiger partial charge in [-0.2, -0.15) is 10.5 Å². The minimum Gasteiger partial charge on any atom is -0.465 e. The van der Waals surface area contributed by atoms with E-state index in [4.69, 9.17) is 9.47 Å². The molecule has 0 aromatic heterocycles. The van der Waals surface area contributed by atoms with Gasteiger partial charge in [0.1, 0.15) is 5.92 Å². The third kappa shape index (κ3) is 3.68. The van der Waals surface area contributed by atoms with Crippen molar-refractivity contribution in [3.05, 3.63) is 11.8 Å². The van der Waals surface area contributed by atoms with Crippen LogP contribution in [0, 0.1) is 34.0 Å². The summed E-state index contributed by atoms with van der Waals surface area (Å²) in [5, 5.41) is 19.3. The Morgan fingerprint density at radius 3 is 2.21 bits per heavy atom. The molecule has 0 N–H and O–H groups in total. The van der Waals surface area contributed by atoms with Gasteiger partial charge in [0.15, 0.2) is 5.41 Å². The summed E-state index contributed by atoms with van der Waals surface area (Å²) < 4.78 is 10.0. The summed E-state index contributed by atoms with van der Waals surface area (Å²) in [7, 11) is 0. The summed E-state index contributed by atoms with van der Waals surface area (Å²) in [5.74, 6) is -2.79. The molecule has 0 saturated heterocycles. The van der Waals surface area contributed by atoms with Crippen LogP contribution < -0.4 is 0 Å². The molecule has 0 bridgehead atoms. The highest BCUT2D eigenvalue weighted by Gasteiger charge is 2.54. The largest absolute Gasteiger partial charge is 0.465 e. The van der Waals surface area contributed by atoms with Crippen molar-refractivity contribution in [1.29, 1.82) is 10.5 Å². The van der Waals surface area contributed by atoms with Crippen LogP contribution in [0.2, 0.25) is 0 Å². The molecule has 1 unspecified atom stereocenters. The van der Waals surface area contributed by atoms with Crippen LogP contribution in [0.4, 0.5) is 0 Å². The van der Waals surface area contributed by atoms with E-state index in [0.717, 1.165) is 0 Å². The second-order valence-electron chi connectivity index (χ2n) is 6.48. The highest BCUT2D eigenvalue weighted by Crippen LogP contribution is 2.41. The molecule has 0 spiro atoms. The SMILES string of the molecule is CCOC(=O)C1=CN(C(C)(C)C)CC(C#N)(C#N)C1C(=O)OCC. The van der Waals surface area contributed by atoms with Gasteiger partial charge >= 0.3 is 11.9 Å². The fraction of sp³-hybridized carbons (Fsp3) is 0.647. The quantitative estimate of drug-likeness (QED) is 0.722. The molecule has 0 fully saturated rings. The van der Waals surface area contributed by atoms with Crippen molar-refractivity contribution in [1.82, 2.24) is 4.90 Å². The molecular formula is C17H23N3O4. The summed E-state index contributed by atoms with van der Waals surface area (Å²) in [6, 6.07) is 3.87. The molecule has 0 amide bonds. The maximum atomic E-state index is 12.4. The molecule has 24 heavy (non-hydrogen) atoms. The number of carbonyl (C=O) groups is 2. The number of rotatable bonds is 4. The first kappa shape index (κ1) is 19.5. The van der Waals surface area contributed by atoms with Gasteiger partial charge in [0.05, 0.1) is 37.5 Å². The molecule has 0 aromatic carbocycles. The number of esters is 2. The fourth-order valence-electron chi connectivity index (χ4n) is 2.51. The van der Waals surface area contributed by atoms with Gasteiger partial charge in [-0.15, -0.1) is 0 Å². The van der Waals surface area contributed by atoms with Crippen LogP contribution in [0.3, 0.4) is 0 Å². The second-order valence-corrected chi connectivity index (χ2v) is 6.48. The Morgan fingerprint density at radius 2 is 1.79 bits per heavy atom. The van der Waals surface area contributed by atoms with E-state index < -0.39 is 28.8 Å². The van der Waals surface area contributed by atoms with Crippen LogP contribution in [-0.2, 0) is 19.1 Å². The molecule has 0 aromatic rings. The van der Waals surface area contributed by atoms with Gasteiger partial charge in [-0.05, 0) is 34.6 Å². The molecule has 7 heteroatoms. The first-order chi connectivity index (χ1) is 11.2. The van der Waals surface area contributed by atoms with E-state index in [1.54, 1.807) is 18.7 Å². The maximum absolute atomic E-state index is 12.4. The third-order valence-electron chi connectivity index (χ3n) is 3.81. The molecule has 1 heterocycles. The Labute approximate surface area is 142 Å². The maximum Gasteiger partial charge on any atom is 0.336 e. The monoisotopic (exact) mass is 333 g/mol. The summed E-state index contributed by atoms with van der Waals surface area (Å²) in [5.41, 5.74) is -2.20. The van der Waals surface area contributed by atoms with Gasteiger partial charge in [-0.25, -0.2) is 4.79 Å². The smallest absolute Gasteiger partial charge is 0.336 e. The van der Waals surface area contributed by atoms with E-state index in [2.05, 4.69) is 0 Å². The summed E-state index contributed by atoms with van der Waals surface area (Å²) in [6.07, 6.45) is 1.51. The van der Waals surface area contributed by atoms with Gasteiger partial charge < -0.3 is 14.4 Å². The van der Waals surface area contributed by atoms with Crippen LogP contribution in [0.15, 0.2) is 11.8 Å². The molecule has 0 radical (unpaired) electrons.